The highest BCUT2D eigenvalue weighted by Gasteiger charge is 2.39. The predicted octanol–water partition coefficient (Wildman–Crippen LogP) is 4.97. The van der Waals surface area contributed by atoms with Gasteiger partial charge in [-0.2, -0.15) is 0 Å². The van der Waals surface area contributed by atoms with E-state index in [1.54, 1.807) is 29.2 Å². The molecule has 1 unspecified atom stereocenters. The number of halogens is 3. The minimum absolute atomic E-state index is 0.000338. The number of ether oxygens (including phenoxy) is 1. The second-order valence-corrected chi connectivity index (χ2v) is 8.59. The van der Waals surface area contributed by atoms with Crippen molar-refractivity contribution < 1.29 is 37.4 Å². The van der Waals surface area contributed by atoms with E-state index in [2.05, 4.69) is 10.1 Å². The van der Waals surface area contributed by atoms with Crippen LogP contribution in [0.5, 0.6) is 5.75 Å². The molecule has 1 saturated heterocycles. The van der Waals surface area contributed by atoms with Crippen LogP contribution in [0.25, 0.3) is 0 Å². The number of hydrogen-bond donors (Lipinski definition) is 2. The van der Waals surface area contributed by atoms with Gasteiger partial charge in [-0.15, -0.1) is 13.2 Å². The van der Waals surface area contributed by atoms with E-state index in [1.165, 1.54) is 17.0 Å². The molecule has 38 heavy (non-hydrogen) atoms. The van der Waals surface area contributed by atoms with Gasteiger partial charge in [0.15, 0.2) is 0 Å². The number of benzene rings is 3. The monoisotopic (exact) mass is 527 g/mol. The fourth-order valence-electron chi connectivity index (χ4n) is 4.17. The molecule has 3 aromatic rings. The van der Waals surface area contributed by atoms with Crippen molar-refractivity contribution in [1.82, 2.24) is 10.2 Å². The first-order valence-electron chi connectivity index (χ1n) is 11.7. The fraction of sp³-hybridized carbons (Fsp3) is 0.222. The standard InChI is InChI=1S/C27H24F3N3O5/c28-27(29,30)38-22-12-10-21(11-13-22)32-17-23(33(26(32)37)16-18-4-2-1-3-5-18)19-6-8-20(9-7-19)25(36)31-15-14-24(34)35/h1-13,23H,14-17H2,(H,31,36)(H,34,35). The van der Waals surface area contributed by atoms with Crippen molar-refractivity contribution in [3.8, 4) is 5.75 Å². The number of rotatable bonds is 9. The van der Waals surface area contributed by atoms with Gasteiger partial charge in [-0.25, -0.2) is 4.79 Å². The highest BCUT2D eigenvalue weighted by atomic mass is 19.4. The minimum atomic E-state index is -4.82. The Morgan fingerprint density at radius 3 is 2.24 bits per heavy atom. The number of alkyl halides is 3. The van der Waals surface area contributed by atoms with E-state index in [0.717, 1.165) is 23.3 Å². The van der Waals surface area contributed by atoms with E-state index in [1.807, 2.05) is 30.3 Å². The number of carbonyl (C=O) groups excluding carboxylic acids is 2. The van der Waals surface area contributed by atoms with Crippen molar-refractivity contribution in [2.45, 2.75) is 25.4 Å². The van der Waals surface area contributed by atoms with E-state index in [9.17, 15) is 27.6 Å². The summed E-state index contributed by atoms with van der Waals surface area (Å²) in [6, 6.07) is 20.4. The van der Waals surface area contributed by atoms with Crippen molar-refractivity contribution in [2.75, 3.05) is 18.0 Å². The van der Waals surface area contributed by atoms with Crippen molar-refractivity contribution in [3.63, 3.8) is 0 Å². The summed E-state index contributed by atoms with van der Waals surface area (Å²) in [6.45, 7) is 0.530. The molecule has 2 N–H and O–H groups in total. The highest BCUT2D eigenvalue weighted by molar-refractivity contribution is 5.95. The third kappa shape index (κ3) is 6.61. The van der Waals surface area contributed by atoms with E-state index in [4.69, 9.17) is 5.11 Å². The third-order valence-corrected chi connectivity index (χ3v) is 5.97. The quantitative estimate of drug-likeness (QED) is 0.409. The number of carboxylic acid groups (broad SMARTS) is 1. The lowest BCUT2D eigenvalue weighted by Gasteiger charge is -2.24. The molecule has 0 spiro atoms. The average Bonchev–Trinajstić information content (AvgIpc) is 3.20. The molecule has 1 heterocycles. The number of amides is 3. The van der Waals surface area contributed by atoms with Gasteiger partial charge in [-0.1, -0.05) is 42.5 Å². The number of carboxylic acids is 1. The van der Waals surface area contributed by atoms with Crippen molar-refractivity contribution in [3.05, 3.63) is 95.6 Å². The van der Waals surface area contributed by atoms with Gasteiger partial charge in [0, 0.05) is 24.3 Å². The lowest BCUT2D eigenvalue weighted by molar-refractivity contribution is -0.274. The van der Waals surface area contributed by atoms with Gasteiger partial charge in [0.05, 0.1) is 19.0 Å². The van der Waals surface area contributed by atoms with Crippen molar-refractivity contribution >= 4 is 23.6 Å². The van der Waals surface area contributed by atoms with Crippen LogP contribution >= 0.6 is 0 Å². The SMILES string of the molecule is O=C(O)CCNC(=O)c1ccc(C2CN(c3ccc(OC(F)(F)F)cc3)C(=O)N2Cc2ccccc2)cc1. The Hall–Kier alpha value is -4.54. The normalized spacial score (nSPS) is 15.4. The summed E-state index contributed by atoms with van der Waals surface area (Å²) in [5.74, 6) is -1.82. The number of aliphatic carboxylic acids is 1. The van der Waals surface area contributed by atoms with Crippen LogP contribution in [0, 0.1) is 0 Å². The Morgan fingerprint density at radius 1 is 0.974 bits per heavy atom. The molecule has 4 rings (SSSR count). The van der Waals surface area contributed by atoms with Gasteiger partial charge in [0.2, 0.25) is 0 Å². The number of carbonyl (C=O) groups is 3. The van der Waals surface area contributed by atoms with Crippen LogP contribution in [-0.4, -0.2) is 47.4 Å². The van der Waals surface area contributed by atoms with Gasteiger partial charge >= 0.3 is 18.4 Å². The first kappa shape index (κ1) is 26.5. The summed E-state index contributed by atoms with van der Waals surface area (Å²) in [5.41, 5.74) is 2.42. The Morgan fingerprint density at radius 2 is 1.63 bits per heavy atom. The fourth-order valence-corrected chi connectivity index (χ4v) is 4.17. The van der Waals surface area contributed by atoms with Crippen LogP contribution in [0.4, 0.5) is 23.7 Å². The summed E-state index contributed by atoms with van der Waals surface area (Å²) >= 11 is 0. The van der Waals surface area contributed by atoms with Crippen LogP contribution in [0.15, 0.2) is 78.9 Å². The lowest BCUT2D eigenvalue weighted by atomic mass is 10.0. The molecule has 3 amide bonds. The second-order valence-electron chi connectivity index (χ2n) is 8.59. The third-order valence-electron chi connectivity index (χ3n) is 5.97. The molecule has 198 valence electrons. The molecule has 1 aliphatic rings. The number of urea groups is 1. The van der Waals surface area contributed by atoms with Crippen LogP contribution in [0.1, 0.15) is 33.9 Å². The van der Waals surface area contributed by atoms with Gasteiger partial charge < -0.3 is 20.1 Å². The Bertz CT molecular complexity index is 1280. The van der Waals surface area contributed by atoms with Crippen LogP contribution in [0.2, 0.25) is 0 Å². The molecule has 0 saturated carbocycles. The van der Waals surface area contributed by atoms with E-state index in [0.29, 0.717) is 17.8 Å². The van der Waals surface area contributed by atoms with E-state index >= 15 is 0 Å². The Balaban J connectivity index is 1.56. The number of anilines is 1. The second kappa shape index (κ2) is 11.2. The van der Waals surface area contributed by atoms with Crippen molar-refractivity contribution in [1.29, 1.82) is 0 Å². The number of hydrogen-bond acceptors (Lipinski definition) is 4. The molecular weight excluding hydrogens is 503 g/mol. The van der Waals surface area contributed by atoms with E-state index < -0.39 is 24.3 Å². The first-order valence-corrected chi connectivity index (χ1v) is 11.7. The van der Waals surface area contributed by atoms with Crippen LogP contribution < -0.4 is 15.0 Å². The van der Waals surface area contributed by atoms with Crippen LogP contribution in [-0.2, 0) is 11.3 Å². The van der Waals surface area contributed by atoms with Crippen molar-refractivity contribution in [2.24, 2.45) is 0 Å². The predicted molar refractivity (Wildman–Crippen MR) is 132 cm³/mol. The highest BCUT2D eigenvalue weighted by Crippen LogP contribution is 2.35. The Kier molecular flexibility index (Phi) is 7.85. The molecule has 0 bridgehead atoms. The van der Waals surface area contributed by atoms with Gasteiger partial charge in [-0.3, -0.25) is 14.5 Å². The lowest BCUT2D eigenvalue weighted by Crippen LogP contribution is -2.32. The molecular formula is C27H24F3N3O5. The maximum absolute atomic E-state index is 13.5. The summed E-state index contributed by atoms with van der Waals surface area (Å²) in [4.78, 5) is 39.6. The maximum Gasteiger partial charge on any atom is 0.573 e. The van der Waals surface area contributed by atoms with Gasteiger partial charge in [0.1, 0.15) is 5.75 Å². The smallest absolute Gasteiger partial charge is 0.481 e. The summed E-state index contributed by atoms with van der Waals surface area (Å²) < 4.78 is 41.5. The molecule has 0 radical (unpaired) electrons. The molecule has 0 aromatic heterocycles. The molecule has 11 heteroatoms. The minimum Gasteiger partial charge on any atom is -0.481 e. The zero-order chi connectivity index (χ0) is 27.3. The maximum atomic E-state index is 13.5. The first-order chi connectivity index (χ1) is 18.1. The summed E-state index contributed by atoms with van der Waals surface area (Å²) in [6.07, 6.45) is -5.01. The largest absolute Gasteiger partial charge is 0.573 e. The summed E-state index contributed by atoms with van der Waals surface area (Å²) in [7, 11) is 0. The van der Waals surface area contributed by atoms with E-state index in [-0.39, 0.29) is 31.3 Å². The zero-order valence-electron chi connectivity index (χ0n) is 20.0. The zero-order valence-corrected chi connectivity index (χ0v) is 20.0. The topological polar surface area (TPSA) is 99.2 Å². The molecule has 1 fully saturated rings. The number of nitrogens with zero attached hydrogens (tertiary/aromatic N) is 2. The summed E-state index contributed by atoms with van der Waals surface area (Å²) in [5, 5.41) is 11.3. The number of nitrogens with one attached hydrogen (secondary N) is 1. The molecule has 1 atom stereocenters. The van der Waals surface area contributed by atoms with Gasteiger partial charge in [-0.05, 0) is 47.5 Å². The average molecular weight is 527 g/mol. The molecule has 3 aromatic carbocycles. The molecule has 1 aliphatic heterocycles. The Labute approximate surface area is 216 Å². The van der Waals surface area contributed by atoms with Crippen LogP contribution in [0.3, 0.4) is 0 Å². The van der Waals surface area contributed by atoms with Gasteiger partial charge in [0.25, 0.3) is 5.91 Å². The molecule has 8 nitrogen and oxygen atoms in total. The molecule has 0 aliphatic carbocycles.